The first-order chi connectivity index (χ1) is 13.3. The van der Waals surface area contributed by atoms with Gasteiger partial charge in [-0.1, -0.05) is 12.1 Å². The van der Waals surface area contributed by atoms with Crippen molar-refractivity contribution in [3.05, 3.63) is 83.9 Å². The van der Waals surface area contributed by atoms with Crippen LogP contribution in [0.5, 0.6) is 0 Å². The van der Waals surface area contributed by atoms with Crippen LogP contribution in [0.25, 0.3) is 23.5 Å². The minimum atomic E-state index is -1.32. The van der Waals surface area contributed by atoms with Crippen LogP contribution in [0, 0.1) is 17.0 Å². The number of H-pyrrole nitrogens is 2. The van der Waals surface area contributed by atoms with Crippen molar-refractivity contribution >= 4 is 23.8 Å². The number of nitrogens with zero attached hydrogens (tertiary/aromatic N) is 1. The van der Waals surface area contributed by atoms with Crippen LogP contribution in [0.2, 0.25) is 0 Å². The second kappa shape index (κ2) is 7.19. The first-order valence-electron chi connectivity index (χ1n) is 7.87. The number of aryl methyl sites for hydroxylation is 1. The predicted molar refractivity (Wildman–Crippen MR) is 96.5 cm³/mol. The first kappa shape index (κ1) is 18.6. The third-order valence-electron chi connectivity index (χ3n) is 3.91. The van der Waals surface area contributed by atoms with Gasteiger partial charge < -0.3 is 19.3 Å². The van der Waals surface area contributed by atoms with Crippen LogP contribution >= 0.6 is 0 Å². The van der Waals surface area contributed by atoms with E-state index in [2.05, 4.69) is 4.98 Å². The molecule has 10 heteroatoms. The molecule has 0 aliphatic carbocycles. The SMILES string of the molecule is Cc1ccc(C(=O)[O-])cc1-c1ccc(/C=C/c2[nH]c(=O)[nH]c(=O)c2[N+](=O)[O-])o1. The predicted octanol–water partition coefficient (Wildman–Crippen LogP) is 1.07. The molecule has 0 radical (unpaired) electrons. The molecule has 0 fully saturated rings. The summed E-state index contributed by atoms with van der Waals surface area (Å²) in [5.41, 5.74) is -1.80. The molecular weight excluding hydrogens is 370 g/mol. The normalized spacial score (nSPS) is 11.0. The summed E-state index contributed by atoms with van der Waals surface area (Å²) in [7, 11) is 0. The number of rotatable bonds is 5. The molecule has 142 valence electrons. The lowest BCUT2D eigenvalue weighted by Crippen LogP contribution is -2.25. The average Bonchev–Trinajstić information content (AvgIpc) is 3.07. The van der Waals surface area contributed by atoms with Crippen molar-refractivity contribution in [2.45, 2.75) is 6.92 Å². The van der Waals surface area contributed by atoms with Crippen LogP contribution in [0.4, 0.5) is 5.69 Å². The van der Waals surface area contributed by atoms with Crippen molar-refractivity contribution in [1.82, 2.24) is 9.97 Å². The topological polar surface area (TPSA) is 162 Å². The number of furan rings is 1. The van der Waals surface area contributed by atoms with Crippen molar-refractivity contribution < 1.29 is 19.2 Å². The summed E-state index contributed by atoms with van der Waals surface area (Å²) < 4.78 is 5.62. The Labute approximate surface area is 155 Å². The zero-order valence-electron chi connectivity index (χ0n) is 14.3. The second-order valence-corrected chi connectivity index (χ2v) is 5.78. The standard InChI is InChI=1S/C18H13N3O7/c1-9-2-3-10(17(23)24)8-12(9)14-7-5-11(28-14)4-6-13-15(21(26)27)16(22)20-18(25)19-13/h2-8H,1H3,(H,23,24)(H2,19,20,22,25)/p-1/b6-4+. The highest BCUT2D eigenvalue weighted by Crippen LogP contribution is 2.27. The third kappa shape index (κ3) is 3.65. The van der Waals surface area contributed by atoms with Gasteiger partial charge in [-0.2, -0.15) is 0 Å². The van der Waals surface area contributed by atoms with Gasteiger partial charge in [-0.25, -0.2) is 4.79 Å². The van der Waals surface area contributed by atoms with E-state index in [1.165, 1.54) is 24.3 Å². The number of aromatic nitrogens is 2. The summed E-state index contributed by atoms with van der Waals surface area (Å²) in [6.07, 6.45) is 2.50. The van der Waals surface area contributed by atoms with Gasteiger partial charge in [-0.3, -0.25) is 19.9 Å². The molecule has 0 atom stereocenters. The maximum absolute atomic E-state index is 11.6. The number of carboxylic acid groups (broad SMARTS) is 1. The van der Waals surface area contributed by atoms with E-state index in [4.69, 9.17) is 4.42 Å². The first-order valence-corrected chi connectivity index (χ1v) is 7.87. The monoisotopic (exact) mass is 382 g/mol. The van der Waals surface area contributed by atoms with Gasteiger partial charge in [0.2, 0.25) is 0 Å². The fourth-order valence-corrected chi connectivity index (χ4v) is 2.57. The highest BCUT2D eigenvalue weighted by molar-refractivity contribution is 5.88. The van der Waals surface area contributed by atoms with Gasteiger partial charge in [0.05, 0.1) is 10.9 Å². The Balaban J connectivity index is 1.98. The van der Waals surface area contributed by atoms with E-state index < -0.39 is 27.8 Å². The molecular formula is C18H12N3O7-. The quantitative estimate of drug-likeness (QED) is 0.492. The number of benzene rings is 1. The molecule has 2 N–H and O–H groups in total. The van der Waals surface area contributed by atoms with Gasteiger partial charge in [0.15, 0.2) is 0 Å². The molecule has 28 heavy (non-hydrogen) atoms. The lowest BCUT2D eigenvalue weighted by Gasteiger charge is -2.07. The van der Waals surface area contributed by atoms with Gasteiger partial charge >= 0.3 is 16.9 Å². The minimum Gasteiger partial charge on any atom is -0.545 e. The third-order valence-corrected chi connectivity index (χ3v) is 3.91. The number of hydrogen-bond acceptors (Lipinski definition) is 7. The number of hydrogen-bond donors (Lipinski definition) is 2. The lowest BCUT2D eigenvalue weighted by atomic mass is 10.0. The van der Waals surface area contributed by atoms with Gasteiger partial charge in [0.1, 0.15) is 17.2 Å². The lowest BCUT2D eigenvalue weighted by molar-refractivity contribution is -0.386. The highest BCUT2D eigenvalue weighted by Gasteiger charge is 2.19. The zero-order chi connectivity index (χ0) is 20.4. The molecule has 0 amide bonds. The van der Waals surface area contributed by atoms with E-state index in [1.807, 2.05) is 0 Å². The second-order valence-electron chi connectivity index (χ2n) is 5.78. The van der Waals surface area contributed by atoms with Crippen LogP contribution in [-0.4, -0.2) is 20.9 Å². The molecule has 0 saturated carbocycles. The summed E-state index contributed by atoms with van der Waals surface area (Å²) in [4.78, 5) is 48.1. The summed E-state index contributed by atoms with van der Waals surface area (Å²) >= 11 is 0. The van der Waals surface area contributed by atoms with Gasteiger partial charge in [-0.15, -0.1) is 0 Å². The number of carbonyl (C=O) groups is 1. The van der Waals surface area contributed by atoms with Crippen molar-refractivity contribution in [3.63, 3.8) is 0 Å². The number of carbonyl (C=O) groups excluding carboxylic acids is 1. The Kier molecular flexibility index (Phi) is 4.77. The van der Waals surface area contributed by atoms with Crippen molar-refractivity contribution in [2.75, 3.05) is 0 Å². The minimum absolute atomic E-state index is 0.00852. The Morgan fingerprint density at radius 3 is 2.57 bits per heavy atom. The van der Waals surface area contributed by atoms with Gasteiger partial charge in [-0.05, 0) is 48.4 Å². The molecule has 2 heterocycles. The highest BCUT2D eigenvalue weighted by atomic mass is 16.6. The summed E-state index contributed by atoms with van der Waals surface area (Å²) in [6.45, 7) is 1.77. The Morgan fingerprint density at radius 1 is 1.14 bits per heavy atom. The van der Waals surface area contributed by atoms with Crippen molar-refractivity contribution in [2.24, 2.45) is 0 Å². The Morgan fingerprint density at radius 2 is 1.89 bits per heavy atom. The molecule has 0 spiro atoms. The summed E-state index contributed by atoms with van der Waals surface area (Å²) in [5, 5.41) is 22.1. The van der Waals surface area contributed by atoms with Crippen LogP contribution in [0.15, 0.2) is 44.3 Å². The Hall–Kier alpha value is -4.21. The van der Waals surface area contributed by atoms with Gasteiger partial charge in [0, 0.05) is 5.56 Å². The molecule has 0 aliphatic rings. The van der Waals surface area contributed by atoms with E-state index in [-0.39, 0.29) is 17.0 Å². The molecule has 0 aliphatic heterocycles. The number of aromatic amines is 2. The maximum Gasteiger partial charge on any atom is 0.357 e. The van der Waals surface area contributed by atoms with E-state index in [0.29, 0.717) is 11.3 Å². The molecule has 3 aromatic rings. The largest absolute Gasteiger partial charge is 0.545 e. The smallest absolute Gasteiger partial charge is 0.357 e. The maximum atomic E-state index is 11.6. The number of carboxylic acids is 1. The fourth-order valence-electron chi connectivity index (χ4n) is 2.57. The molecule has 0 unspecified atom stereocenters. The van der Waals surface area contributed by atoms with E-state index in [0.717, 1.165) is 5.56 Å². The number of nitro groups is 1. The average molecular weight is 382 g/mol. The zero-order valence-corrected chi connectivity index (χ0v) is 14.3. The molecule has 0 saturated heterocycles. The molecule has 3 rings (SSSR count). The summed E-state index contributed by atoms with van der Waals surface area (Å²) in [5.74, 6) is -0.684. The Bertz CT molecular complexity index is 1230. The number of nitrogens with one attached hydrogen (secondary N) is 2. The van der Waals surface area contributed by atoms with Crippen LogP contribution in [0.1, 0.15) is 27.4 Å². The van der Waals surface area contributed by atoms with Crippen LogP contribution in [-0.2, 0) is 0 Å². The van der Waals surface area contributed by atoms with E-state index >= 15 is 0 Å². The summed E-state index contributed by atoms with van der Waals surface area (Å²) in [6, 6.07) is 7.59. The molecule has 2 aromatic heterocycles. The van der Waals surface area contributed by atoms with Crippen LogP contribution < -0.4 is 16.4 Å². The van der Waals surface area contributed by atoms with Crippen molar-refractivity contribution in [1.29, 1.82) is 0 Å². The van der Waals surface area contributed by atoms with Crippen LogP contribution in [0.3, 0.4) is 0 Å². The fraction of sp³-hybridized carbons (Fsp3) is 0.0556. The van der Waals surface area contributed by atoms with Crippen molar-refractivity contribution in [3.8, 4) is 11.3 Å². The number of aromatic carboxylic acids is 1. The van der Waals surface area contributed by atoms with E-state index in [9.17, 15) is 29.6 Å². The molecule has 0 bridgehead atoms. The van der Waals surface area contributed by atoms with Gasteiger partial charge in [0.25, 0.3) is 0 Å². The molecule has 1 aromatic carbocycles. The van der Waals surface area contributed by atoms with E-state index in [1.54, 1.807) is 30.1 Å². The molecule has 10 nitrogen and oxygen atoms in total.